The number of rotatable bonds is 5. The van der Waals surface area contributed by atoms with Crippen molar-refractivity contribution >= 4 is 0 Å². The topological polar surface area (TPSA) is 42.7 Å². The molecule has 1 saturated carbocycles. The standard InChI is InChI=1S/C13H24N4/c1-3-8-14-9-13-15-10-17(16-13)12-6-4-11(2)5-7-12/h10-12,14H,3-9H2,1-2H3. The summed E-state index contributed by atoms with van der Waals surface area (Å²) in [6.07, 6.45) is 8.23. The molecule has 4 nitrogen and oxygen atoms in total. The molecule has 0 aromatic carbocycles. The molecule has 0 spiro atoms. The molecule has 0 saturated heterocycles. The van der Waals surface area contributed by atoms with Crippen LogP contribution in [0.2, 0.25) is 0 Å². The second kappa shape index (κ2) is 6.15. The van der Waals surface area contributed by atoms with Gasteiger partial charge in [0.05, 0.1) is 12.6 Å². The zero-order chi connectivity index (χ0) is 12.1. The third kappa shape index (κ3) is 3.53. The fourth-order valence-electron chi connectivity index (χ4n) is 2.45. The van der Waals surface area contributed by atoms with Crippen molar-refractivity contribution in [2.45, 2.75) is 58.5 Å². The van der Waals surface area contributed by atoms with Gasteiger partial charge in [-0.2, -0.15) is 5.10 Å². The van der Waals surface area contributed by atoms with Crippen molar-refractivity contribution in [3.8, 4) is 0 Å². The van der Waals surface area contributed by atoms with E-state index in [-0.39, 0.29) is 0 Å². The molecule has 1 aromatic rings. The zero-order valence-corrected chi connectivity index (χ0v) is 11.0. The molecule has 0 unspecified atom stereocenters. The van der Waals surface area contributed by atoms with Crippen LogP contribution in [0.25, 0.3) is 0 Å². The fourth-order valence-corrected chi connectivity index (χ4v) is 2.45. The Kier molecular flexibility index (Phi) is 4.54. The van der Waals surface area contributed by atoms with Crippen LogP contribution in [-0.4, -0.2) is 21.3 Å². The Hall–Kier alpha value is -0.900. The van der Waals surface area contributed by atoms with Gasteiger partial charge in [0.25, 0.3) is 0 Å². The van der Waals surface area contributed by atoms with E-state index in [1.54, 1.807) is 0 Å². The molecule has 0 radical (unpaired) electrons. The van der Waals surface area contributed by atoms with Gasteiger partial charge in [-0.1, -0.05) is 13.8 Å². The van der Waals surface area contributed by atoms with Crippen LogP contribution in [-0.2, 0) is 6.54 Å². The van der Waals surface area contributed by atoms with E-state index < -0.39 is 0 Å². The first-order valence-electron chi connectivity index (χ1n) is 6.90. The third-order valence-electron chi connectivity index (χ3n) is 3.63. The Balaban J connectivity index is 1.85. The molecular formula is C13H24N4. The van der Waals surface area contributed by atoms with Crippen LogP contribution in [0.1, 0.15) is 57.8 Å². The van der Waals surface area contributed by atoms with Crippen molar-refractivity contribution in [1.82, 2.24) is 20.1 Å². The summed E-state index contributed by atoms with van der Waals surface area (Å²) in [6, 6.07) is 0.582. The summed E-state index contributed by atoms with van der Waals surface area (Å²) in [4.78, 5) is 4.37. The predicted octanol–water partition coefficient (Wildman–Crippen LogP) is 2.53. The lowest BCUT2D eigenvalue weighted by molar-refractivity contribution is 0.272. The first-order valence-corrected chi connectivity index (χ1v) is 6.90. The first kappa shape index (κ1) is 12.6. The lowest BCUT2D eigenvalue weighted by atomic mass is 9.87. The van der Waals surface area contributed by atoms with E-state index in [1.165, 1.54) is 25.7 Å². The monoisotopic (exact) mass is 236 g/mol. The second-order valence-electron chi connectivity index (χ2n) is 5.23. The normalized spacial score (nSPS) is 25.1. The summed E-state index contributed by atoms with van der Waals surface area (Å²) in [5.41, 5.74) is 0. The zero-order valence-electron chi connectivity index (χ0n) is 11.0. The van der Waals surface area contributed by atoms with Gasteiger partial charge in [-0.05, 0) is 44.6 Å². The Morgan fingerprint density at radius 2 is 2.12 bits per heavy atom. The van der Waals surface area contributed by atoms with E-state index in [9.17, 15) is 0 Å². The average Bonchev–Trinajstić information content (AvgIpc) is 2.79. The van der Waals surface area contributed by atoms with Gasteiger partial charge in [-0.3, -0.25) is 0 Å². The van der Waals surface area contributed by atoms with Gasteiger partial charge in [-0.15, -0.1) is 0 Å². The van der Waals surface area contributed by atoms with Crippen LogP contribution >= 0.6 is 0 Å². The molecule has 2 rings (SSSR count). The minimum atomic E-state index is 0.582. The third-order valence-corrected chi connectivity index (χ3v) is 3.63. The molecule has 17 heavy (non-hydrogen) atoms. The summed E-state index contributed by atoms with van der Waals surface area (Å²) in [6.45, 7) is 6.35. The maximum Gasteiger partial charge on any atom is 0.164 e. The maximum absolute atomic E-state index is 4.57. The molecule has 0 atom stereocenters. The van der Waals surface area contributed by atoms with Gasteiger partial charge in [0.1, 0.15) is 6.33 Å². The molecule has 96 valence electrons. The molecule has 0 bridgehead atoms. The Bertz CT molecular complexity index is 326. The number of aromatic nitrogens is 3. The summed E-state index contributed by atoms with van der Waals surface area (Å²) in [7, 11) is 0. The van der Waals surface area contributed by atoms with Crippen molar-refractivity contribution < 1.29 is 0 Å². The van der Waals surface area contributed by atoms with Crippen LogP contribution in [0.3, 0.4) is 0 Å². The fraction of sp³-hybridized carbons (Fsp3) is 0.846. The van der Waals surface area contributed by atoms with Crippen LogP contribution in [0.4, 0.5) is 0 Å². The van der Waals surface area contributed by atoms with Crippen molar-refractivity contribution in [3.05, 3.63) is 12.2 Å². The predicted molar refractivity (Wildman–Crippen MR) is 68.7 cm³/mol. The average molecular weight is 236 g/mol. The van der Waals surface area contributed by atoms with E-state index in [4.69, 9.17) is 0 Å². The Morgan fingerprint density at radius 3 is 2.82 bits per heavy atom. The molecule has 1 aliphatic rings. The van der Waals surface area contributed by atoms with Gasteiger partial charge >= 0.3 is 0 Å². The van der Waals surface area contributed by atoms with Crippen LogP contribution in [0.15, 0.2) is 6.33 Å². The summed E-state index contributed by atoms with van der Waals surface area (Å²) < 4.78 is 2.08. The minimum Gasteiger partial charge on any atom is -0.310 e. The molecular weight excluding hydrogens is 212 g/mol. The molecule has 1 N–H and O–H groups in total. The first-order chi connectivity index (χ1) is 8.29. The lowest BCUT2D eigenvalue weighted by Gasteiger charge is -2.25. The largest absolute Gasteiger partial charge is 0.310 e. The number of hydrogen-bond acceptors (Lipinski definition) is 3. The minimum absolute atomic E-state index is 0.582. The van der Waals surface area contributed by atoms with Gasteiger partial charge in [0.2, 0.25) is 0 Å². The number of nitrogens with one attached hydrogen (secondary N) is 1. The molecule has 1 fully saturated rings. The Morgan fingerprint density at radius 1 is 1.35 bits per heavy atom. The SMILES string of the molecule is CCCNCc1ncn(C2CCC(C)CC2)n1. The van der Waals surface area contributed by atoms with Gasteiger partial charge in [0, 0.05) is 0 Å². The highest BCUT2D eigenvalue weighted by atomic mass is 15.3. The van der Waals surface area contributed by atoms with E-state index in [0.717, 1.165) is 31.3 Å². The van der Waals surface area contributed by atoms with Crippen LogP contribution in [0.5, 0.6) is 0 Å². The smallest absolute Gasteiger partial charge is 0.164 e. The van der Waals surface area contributed by atoms with E-state index >= 15 is 0 Å². The van der Waals surface area contributed by atoms with Crippen molar-refractivity contribution in [2.75, 3.05) is 6.54 Å². The maximum atomic E-state index is 4.57. The van der Waals surface area contributed by atoms with Crippen molar-refractivity contribution in [1.29, 1.82) is 0 Å². The molecule has 4 heteroatoms. The van der Waals surface area contributed by atoms with E-state index in [2.05, 4.69) is 33.9 Å². The van der Waals surface area contributed by atoms with Gasteiger partial charge < -0.3 is 5.32 Å². The molecule has 0 amide bonds. The van der Waals surface area contributed by atoms with Gasteiger partial charge in [-0.25, -0.2) is 9.67 Å². The Labute approximate surface area is 104 Å². The summed E-state index contributed by atoms with van der Waals surface area (Å²) >= 11 is 0. The van der Waals surface area contributed by atoms with Crippen molar-refractivity contribution in [2.24, 2.45) is 5.92 Å². The van der Waals surface area contributed by atoms with Crippen LogP contribution < -0.4 is 5.32 Å². The van der Waals surface area contributed by atoms with Crippen LogP contribution in [0, 0.1) is 5.92 Å². The summed E-state index contributed by atoms with van der Waals surface area (Å²) in [5.74, 6) is 1.82. The molecule has 1 aliphatic carbocycles. The quantitative estimate of drug-likeness (QED) is 0.799. The lowest BCUT2D eigenvalue weighted by Crippen LogP contribution is -2.18. The highest BCUT2D eigenvalue weighted by Crippen LogP contribution is 2.30. The van der Waals surface area contributed by atoms with Gasteiger partial charge in [0.15, 0.2) is 5.82 Å². The second-order valence-corrected chi connectivity index (χ2v) is 5.23. The van der Waals surface area contributed by atoms with E-state index in [0.29, 0.717) is 6.04 Å². The number of hydrogen-bond donors (Lipinski definition) is 1. The van der Waals surface area contributed by atoms with E-state index in [1.807, 2.05) is 6.33 Å². The molecule has 1 heterocycles. The summed E-state index contributed by atoms with van der Waals surface area (Å²) in [5, 5.41) is 7.91. The number of nitrogens with zero attached hydrogens (tertiary/aromatic N) is 3. The van der Waals surface area contributed by atoms with Crippen molar-refractivity contribution in [3.63, 3.8) is 0 Å². The molecule has 0 aliphatic heterocycles. The molecule has 1 aromatic heterocycles. The highest BCUT2D eigenvalue weighted by Gasteiger charge is 2.20. The highest BCUT2D eigenvalue weighted by molar-refractivity contribution is 4.84.